The first kappa shape index (κ1) is 21.1. The Hall–Kier alpha value is -1.18. The molecule has 2 heterocycles. The van der Waals surface area contributed by atoms with Gasteiger partial charge in [-0.05, 0) is 50.2 Å². The Morgan fingerprint density at radius 3 is 2.55 bits per heavy atom. The molecule has 1 aromatic carbocycles. The molecule has 0 bridgehead atoms. The van der Waals surface area contributed by atoms with Crippen LogP contribution in [-0.4, -0.2) is 47.4 Å². The maximum Gasteiger partial charge on any atom is 0.193 e. The van der Waals surface area contributed by atoms with Crippen LogP contribution in [0.2, 0.25) is 0 Å². The number of para-hydroxylation sites is 1. The molecule has 0 amide bonds. The predicted octanol–water partition coefficient (Wildman–Crippen LogP) is 3.31. The molecule has 3 aliphatic rings. The van der Waals surface area contributed by atoms with E-state index in [4.69, 9.17) is 18.9 Å². The molecule has 0 spiro atoms. The summed E-state index contributed by atoms with van der Waals surface area (Å²) >= 11 is 0. The molecule has 6 heteroatoms. The minimum atomic E-state index is -1.32. The molecule has 162 valence electrons. The Morgan fingerprint density at radius 1 is 1.03 bits per heavy atom. The second-order valence-electron chi connectivity index (χ2n) is 9.21. The first-order valence-corrected chi connectivity index (χ1v) is 10.9. The van der Waals surface area contributed by atoms with E-state index in [9.17, 15) is 10.2 Å². The molecule has 4 rings (SSSR count). The van der Waals surface area contributed by atoms with Crippen molar-refractivity contribution in [3.05, 3.63) is 30.3 Å². The van der Waals surface area contributed by atoms with E-state index in [0.29, 0.717) is 25.6 Å². The SMILES string of the molecule is CC1CCC2C(C)C(OCCOc3ccccc3)OC3OC(C)(O)CCC1C32O. The molecular formula is C23H34O6. The van der Waals surface area contributed by atoms with Crippen molar-refractivity contribution in [3.63, 3.8) is 0 Å². The Bertz CT molecular complexity index is 679. The van der Waals surface area contributed by atoms with E-state index in [1.54, 1.807) is 6.92 Å². The molecule has 2 saturated heterocycles. The molecule has 29 heavy (non-hydrogen) atoms. The maximum absolute atomic E-state index is 11.8. The summed E-state index contributed by atoms with van der Waals surface area (Å²) in [5, 5.41) is 22.5. The molecule has 1 aliphatic carbocycles. The first-order valence-electron chi connectivity index (χ1n) is 10.9. The summed E-state index contributed by atoms with van der Waals surface area (Å²) in [6, 6.07) is 9.62. The number of aliphatic hydroxyl groups is 2. The molecule has 2 N–H and O–H groups in total. The van der Waals surface area contributed by atoms with Gasteiger partial charge >= 0.3 is 0 Å². The number of rotatable bonds is 5. The second-order valence-corrected chi connectivity index (χ2v) is 9.21. The summed E-state index contributed by atoms with van der Waals surface area (Å²) in [7, 11) is 0. The Morgan fingerprint density at radius 2 is 1.79 bits per heavy atom. The summed E-state index contributed by atoms with van der Waals surface area (Å²) in [6.45, 7) is 6.70. The van der Waals surface area contributed by atoms with E-state index in [2.05, 4.69) is 13.8 Å². The largest absolute Gasteiger partial charge is 0.491 e. The number of ether oxygens (including phenoxy) is 4. The lowest BCUT2D eigenvalue weighted by atomic mass is 9.58. The van der Waals surface area contributed by atoms with Crippen LogP contribution in [0.3, 0.4) is 0 Å². The Kier molecular flexibility index (Phi) is 5.93. The second kappa shape index (κ2) is 8.16. The van der Waals surface area contributed by atoms with Crippen LogP contribution in [0, 0.1) is 23.7 Å². The first-order chi connectivity index (χ1) is 13.8. The van der Waals surface area contributed by atoms with Gasteiger partial charge in [-0.25, -0.2) is 0 Å². The highest BCUT2D eigenvalue weighted by atomic mass is 16.8. The van der Waals surface area contributed by atoms with Crippen molar-refractivity contribution in [3.8, 4) is 5.75 Å². The Labute approximate surface area is 173 Å². The van der Waals surface area contributed by atoms with E-state index in [0.717, 1.165) is 25.0 Å². The monoisotopic (exact) mass is 406 g/mol. The average molecular weight is 407 g/mol. The van der Waals surface area contributed by atoms with Crippen molar-refractivity contribution in [1.82, 2.24) is 0 Å². The summed E-state index contributed by atoms with van der Waals surface area (Å²) in [6.07, 6.45) is 1.77. The highest BCUT2D eigenvalue weighted by molar-refractivity contribution is 5.20. The van der Waals surface area contributed by atoms with Crippen LogP contribution in [0.1, 0.15) is 46.5 Å². The van der Waals surface area contributed by atoms with E-state index >= 15 is 0 Å². The standard InChI is InChI=1S/C23H34O6/c1-15-9-10-19-16(2)20(27-14-13-26-17-7-5-4-6-8-17)28-21-23(19,25)18(15)11-12-22(3,24)29-21/h4-8,15-16,18-21,24-25H,9-14H2,1-3H3. The van der Waals surface area contributed by atoms with Gasteiger partial charge in [-0.3, -0.25) is 0 Å². The average Bonchev–Trinajstić information content (AvgIpc) is 2.78. The van der Waals surface area contributed by atoms with Gasteiger partial charge in [0.2, 0.25) is 0 Å². The molecule has 0 aromatic heterocycles. The van der Waals surface area contributed by atoms with Crippen molar-refractivity contribution in [2.45, 2.75) is 70.4 Å². The lowest BCUT2D eigenvalue weighted by Gasteiger charge is -2.57. The van der Waals surface area contributed by atoms with Crippen molar-refractivity contribution in [2.24, 2.45) is 23.7 Å². The topological polar surface area (TPSA) is 77.4 Å². The third kappa shape index (κ3) is 4.06. The van der Waals surface area contributed by atoms with Crippen LogP contribution < -0.4 is 4.74 Å². The lowest BCUT2D eigenvalue weighted by molar-refractivity contribution is -0.408. The molecule has 0 radical (unpaired) electrons. The molecule has 1 saturated carbocycles. The van der Waals surface area contributed by atoms with Gasteiger partial charge in [0.1, 0.15) is 18.0 Å². The molecular weight excluding hydrogens is 372 g/mol. The fourth-order valence-electron chi connectivity index (χ4n) is 5.57. The van der Waals surface area contributed by atoms with E-state index < -0.39 is 24.0 Å². The summed E-state index contributed by atoms with van der Waals surface area (Å²) in [4.78, 5) is 0. The zero-order valence-electron chi connectivity index (χ0n) is 17.6. The smallest absolute Gasteiger partial charge is 0.193 e. The summed E-state index contributed by atoms with van der Waals surface area (Å²) < 4.78 is 23.8. The van der Waals surface area contributed by atoms with E-state index in [1.165, 1.54) is 0 Å². The lowest BCUT2D eigenvalue weighted by Crippen LogP contribution is -2.67. The highest BCUT2D eigenvalue weighted by Crippen LogP contribution is 2.55. The van der Waals surface area contributed by atoms with Crippen LogP contribution in [0.15, 0.2) is 30.3 Å². The van der Waals surface area contributed by atoms with Crippen LogP contribution in [0.25, 0.3) is 0 Å². The zero-order chi connectivity index (χ0) is 20.6. The molecule has 8 atom stereocenters. The molecule has 8 unspecified atom stereocenters. The zero-order valence-corrected chi connectivity index (χ0v) is 17.6. The highest BCUT2D eigenvalue weighted by Gasteiger charge is 2.63. The van der Waals surface area contributed by atoms with Crippen molar-refractivity contribution < 1.29 is 29.2 Å². The van der Waals surface area contributed by atoms with Gasteiger partial charge < -0.3 is 29.2 Å². The fraction of sp³-hybridized carbons (Fsp3) is 0.739. The van der Waals surface area contributed by atoms with Gasteiger partial charge in [0.25, 0.3) is 0 Å². The summed E-state index contributed by atoms with van der Waals surface area (Å²) in [5.41, 5.74) is -1.10. The van der Waals surface area contributed by atoms with E-state index in [1.807, 2.05) is 30.3 Å². The third-order valence-electron chi connectivity index (χ3n) is 7.16. The van der Waals surface area contributed by atoms with Crippen molar-refractivity contribution in [1.29, 1.82) is 0 Å². The van der Waals surface area contributed by atoms with Crippen molar-refractivity contribution >= 4 is 0 Å². The van der Waals surface area contributed by atoms with Gasteiger partial charge in [0.15, 0.2) is 18.4 Å². The van der Waals surface area contributed by atoms with Gasteiger partial charge in [0, 0.05) is 18.3 Å². The molecule has 3 fully saturated rings. The quantitative estimate of drug-likeness (QED) is 0.731. The third-order valence-corrected chi connectivity index (χ3v) is 7.16. The minimum Gasteiger partial charge on any atom is -0.491 e. The van der Waals surface area contributed by atoms with Crippen LogP contribution in [0.5, 0.6) is 5.75 Å². The van der Waals surface area contributed by atoms with Crippen LogP contribution in [-0.2, 0) is 14.2 Å². The van der Waals surface area contributed by atoms with Gasteiger partial charge in [-0.1, -0.05) is 32.0 Å². The van der Waals surface area contributed by atoms with Crippen LogP contribution >= 0.6 is 0 Å². The van der Waals surface area contributed by atoms with Gasteiger partial charge in [0.05, 0.1) is 6.61 Å². The summed E-state index contributed by atoms with van der Waals surface area (Å²) in [5.74, 6) is -0.0704. The normalized spacial score (nSPS) is 44.6. The molecule has 1 aromatic rings. The molecule has 6 nitrogen and oxygen atoms in total. The number of benzene rings is 1. The van der Waals surface area contributed by atoms with Gasteiger partial charge in [-0.2, -0.15) is 0 Å². The molecule has 2 aliphatic heterocycles. The van der Waals surface area contributed by atoms with Crippen molar-refractivity contribution in [2.75, 3.05) is 13.2 Å². The number of hydrogen-bond donors (Lipinski definition) is 2. The van der Waals surface area contributed by atoms with Gasteiger partial charge in [-0.15, -0.1) is 0 Å². The maximum atomic E-state index is 11.8. The Balaban J connectivity index is 1.45. The number of hydrogen-bond acceptors (Lipinski definition) is 6. The van der Waals surface area contributed by atoms with Crippen LogP contribution in [0.4, 0.5) is 0 Å². The predicted molar refractivity (Wildman–Crippen MR) is 107 cm³/mol. The van der Waals surface area contributed by atoms with E-state index in [-0.39, 0.29) is 17.8 Å². The fourth-order valence-corrected chi connectivity index (χ4v) is 5.57. The minimum absolute atomic E-state index is 0.0105.